The highest BCUT2D eigenvalue weighted by molar-refractivity contribution is 7.90. The SMILES string of the molecule is CCNC(=O)c1ccc(S(=O)(=O)NC(=O)c2ccc(OC(=O)NCCOC)nc2)cc1. The van der Waals surface area contributed by atoms with E-state index in [1.165, 1.54) is 43.5 Å². The number of nitrogens with zero attached hydrogens (tertiary/aromatic N) is 1. The van der Waals surface area contributed by atoms with E-state index in [9.17, 15) is 22.8 Å². The number of hydrogen-bond acceptors (Lipinski definition) is 8. The van der Waals surface area contributed by atoms with Gasteiger partial charge < -0.3 is 20.1 Å². The van der Waals surface area contributed by atoms with Crippen LogP contribution in [0.1, 0.15) is 27.6 Å². The number of carbonyl (C=O) groups is 3. The Morgan fingerprint density at radius 1 is 0.968 bits per heavy atom. The summed E-state index contributed by atoms with van der Waals surface area (Å²) in [6, 6.07) is 7.63. The highest BCUT2D eigenvalue weighted by atomic mass is 32.2. The Kier molecular flexibility index (Phi) is 8.46. The van der Waals surface area contributed by atoms with Crippen LogP contribution in [0, 0.1) is 0 Å². The number of ether oxygens (including phenoxy) is 2. The molecule has 1 aromatic carbocycles. The molecule has 0 aliphatic carbocycles. The topological polar surface area (TPSA) is 153 Å². The van der Waals surface area contributed by atoms with E-state index >= 15 is 0 Å². The third-order valence-electron chi connectivity index (χ3n) is 3.76. The number of nitrogens with one attached hydrogen (secondary N) is 3. The van der Waals surface area contributed by atoms with Crippen molar-refractivity contribution in [2.45, 2.75) is 11.8 Å². The van der Waals surface area contributed by atoms with Gasteiger partial charge in [0, 0.05) is 38.0 Å². The summed E-state index contributed by atoms with van der Waals surface area (Å²) < 4.78 is 36.5. The van der Waals surface area contributed by atoms with E-state index in [0.717, 1.165) is 6.20 Å². The van der Waals surface area contributed by atoms with Gasteiger partial charge in [-0.1, -0.05) is 0 Å². The molecule has 0 unspecified atom stereocenters. The highest BCUT2D eigenvalue weighted by Gasteiger charge is 2.20. The summed E-state index contributed by atoms with van der Waals surface area (Å²) in [6.45, 7) is 2.76. The summed E-state index contributed by atoms with van der Waals surface area (Å²) in [5.41, 5.74) is 0.229. The minimum atomic E-state index is -4.17. The lowest BCUT2D eigenvalue weighted by Crippen LogP contribution is -2.31. The van der Waals surface area contributed by atoms with E-state index < -0.39 is 22.0 Å². The van der Waals surface area contributed by atoms with Crippen molar-refractivity contribution in [1.29, 1.82) is 0 Å². The third kappa shape index (κ3) is 7.04. The number of sulfonamides is 1. The fraction of sp³-hybridized carbons (Fsp3) is 0.263. The smallest absolute Gasteiger partial charge is 0.391 e. The van der Waals surface area contributed by atoms with Crippen molar-refractivity contribution in [2.75, 3.05) is 26.8 Å². The Balaban J connectivity index is 2.00. The lowest BCUT2D eigenvalue weighted by Gasteiger charge is -2.09. The first-order valence-corrected chi connectivity index (χ1v) is 10.6. The maximum atomic E-state index is 12.4. The van der Waals surface area contributed by atoms with Crippen molar-refractivity contribution < 1.29 is 32.3 Å². The van der Waals surface area contributed by atoms with Crippen LogP contribution in [0.15, 0.2) is 47.5 Å². The van der Waals surface area contributed by atoms with Gasteiger partial charge >= 0.3 is 6.09 Å². The molecule has 0 radical (unpaired) electrons. The van der Waals surface area contributed by atoms with E-state index in [-0.39, 0.29) is 34.4 Å². The molecule has 1 aromatic heterocycles. The van der Waals surface area contributed by atoms with Gasteiger partial charge in [0.2, 0.25) is 5.88 Å². The maximum absolute atomic E-state index is 12.4. The third-order valence-corrected chi connectivity index (χ3v) is 5.11. The van der Waals surface area contributed by atoms with Gasteiger partial charge in [0.1, 0.15) is 0 Å². The molecule has 0 aliphatic rings. The predicted octanol–water partition coefficient (Wildman–Crippen LogP) is 0.685. The van der Waals surface area contributed by atoms with Crippen LogP contribution in [0.2, 0.25) is 0 Å². The van der Waals surface area contributed by atoms with Crippen molar-refractivity contribution in [3.05, 3.63) is 53.7 Å². The second-order valence-electron chi connectivity index (χ2n) is 6.01. The molecule has 12 heteroatoms. The van der Waals surface area contributed by atoms with Crippen LogP contribution in [-0.4, -0.2) is 58.1 Å². The van der Waals surface area contributed by atoms with E-state index in [1.54, 1.807) is 6.92 Å². The fourth-order valence-corrected chi connectivity index (χ4v) is 3.22. The zero-order valence-electron chi connectivity index (χ0n) is 16.9. The highest BCUT2D eigenvalue weighted by Crippen LogP contribution is 2.13. The molecule has 0 aliphatic heterocycles. The first kappa shape index (κ1) is 23.8. The van der Waals surface area contributed by atoms with E-state index in [4.69, 9.17) is 9.47 Å². The Bertz CT molecular complexity index is 1020. The maximum Gasteiger partial charge on any atom is 0.414 e. The minimum Gasteiger partial charge on any atom is -0.391 e. The van der Waals surface area contributed by atoms with Gasteiger partial charge in [-0.3, -0.25) is 9.59 Å². The quantitative estimate of drug-likeness (QED) is 0.472. The van der Waals surface area contributed by atoms with Crippen LogP contribution < -0.4 is 20.1 Å². The number of pyridine rings is 1. The molecule has 0 saturated carbocycles. The molecule has 0 saturated heterocycles. The normalized spacial score (nSPS) is 10.8. The number of amides is 3. The van der Waals surface area contributed by atoms with Crippen molar-refractivity contribution in [2.24, 2.45) is 0 Å². The van der Waals surface area contributed by atoms with Crippen molar-refractivity contribution in [1.82, 2.24) is 20.3 Å². The summed E-state index contributed by atoms with van der Waals surface area (Å²) in [5.74, 6) is -1.33. The second kappa shape index (κ2) is 11.0. The molecule has 3 N–H and O–H groups in total. The van der Waals surface area contributed by atoms with Gasteiger partial charge in [-0.2, -0.15) is 0 Å². The van der Waals surface area contributed by atoms with Crippen molar-refractivity contribution in [3.63, 3.8) is 0 Å². The molecule has 1 heterocycles. The van der Waals surface area contributed by atoms with Gasteiger partial charge in [0.05, 0.1) is 17.1 Å². The van der Waals surface area contributed by atoms with Gasteiger partial charge in [0.25, 0.3) is 21.8 Å². The lowest BCUT2D eigenvalue weighted by atomic mass is 10.2. The van der Waals surface area contributed by atoms with Crippen LogP contribution in [-0.2, 0) is 14.8 Å². The summed E-state index contributed by atoms with van der Waals surface area (Å²) >= 11 is 0. The zero-order chi connectivity index (χ0) is 22.9. The molecule has 11 nitrogen and oxygen atoms in total. The van der Waals surface area contributed by atoms with Crippen LogP contribution in [0.3, 0.4) is 0 Å². The molecule has 2 aromatic rings. The Hall–Kier alpha value is -3.51. The summed E-state index contributed by atoms with van der Waals surface area (Å²) in [6.07, 6.45) is 0.321. The number of rotatable bonds is 9. The fourth-order valence-electron chi connectivity index (χ4n) is 2.25. The van der Waals surface area contributed by atoms with Crippen molar-refractivity contribution >= 4 is 27.9 Å². The number of aromatic nitrogens is 1. The van der Waals surface area contributed by atoms with Gasteiger partial charge in [-0.25, -0.2) is 22.9 Å². The second-order valence-corrected chi connectivity index (χ2v) is 7.70. The van der Waals surface area contributed by atoms with Crippen LogP contribution in [0.5, 0.6) is 5.88 Å². The summed E-state index contributed by atoms with van der Waals surface area (Å²) in [5, 5.41) is 5.02. The number of methoxy groups -OCH3 is 1. The standard InChI is InChI=1S/C19H22N4O7S/c1-3-20-17(24)13-4-7-15(8-5-13)31(27,28)23-18(25)14-6-9-16(22-12-14)30-19(26)21-10-11-29-2/h4-9,12H,3,10-11H2,1-2H3,(H,20,24)(H,21,26)(H,23,25). The molecule has 0 bridgehead atoms. The van der Waals surface area contributed by atoms with Gasteiger partial charge in [-0.15, -0.1) is 0 Å². The summed E-state index contributed by atoms with van der Waals surface area (Å²) in [7, 11) is -2.68. The van der Waals surface area contributed by atoms with E-state index in [0.29, 0.717) is 13.2 Å². The number of benzene rings is 1. The van der Waals surface area contributed by atoms with E-state index in [1.807, 2.05) is 4.72 Å². The molecular formula is C19H22N4O7S. The first-order valence-electron chi connectivity index (χ1n) is 9.13. The Morgan fingerprint density at radius 2 is 1.65 bits per heavy atom. The number of carbonyl (C=O) groups excluding carboxylic acids is 3. The molecule has 0 spiro atoms. The average molecular weight is 450 g/mol. The van der Waals surface area contributed by atoms with Gasteiger partial charge in [0.15, 0.2) is 0 Å². The summed E-state index contributed by atoms with van der Waals surface area (Å²) in [4.78, 5) is 39.2. The molecule has 0 fully saturated rings. The van der Waals surface area contributed by atoms with Crippen LogP contribution in [0.4, 0.5) is 4.79 Å². The number of hydrogen-bond donors (Lipinski definition) is 3. The Morgan fingerprint density at radius 3 is 2.23 bits per heavy atom. The average Bonchev–Trinajstić information content (AvgIpc) is 2.74. The largest absolute Gasteiger partial charge is 0.414 e. The predicted molar refractivity (Wildman–Crippen MR) is 109 cm³/mol. The molecular weight excluding hydrogens is 428 g/mol. The minimum absolute atomic E-state index is 0.0605. The zero-order valence-corrected chi connectivity index (χ0v) is 17.7. The molecule has 2 rings (SSSR count). The van der Waals surface area contributed by atoms with Gasteiger partial charge in [-0.05, 0) is 37.3 Å². The van der Waals surface area contributed by atoms with Crippen LogP contribution >= 0.6 is 0 Å². The first-order chi connectivity index (χ1) is 14.8. The monoisotopic (exact) mass is 450 g/mol. The Labute approximate surface area is 179 Å². The molecule has 166 valence electrons. The molecule has 3 amide bonds. The lowest BCUT2D eigenvalue weighted by molar-refractivity contribution is 0.0952. The molecule has 31 heavy (non-hydrogen) atoms. The molecule has 0 atom stereocenters. The van der Waals surface area contributed by atoms with E-state index in [2.05, 4.69) is 15.6 Å². The van der Waals surface area contributed by atoms with Crippen LogP contribution in [0.25, 0.3) is 0 Å². The van der Waals surface area contributed by atoms with Crippen molar-refractivity contribution in [3.8, 4) is 5.88 Å².